The fraction of sp³-hybridized carbons (Fsp3) is 0.389. The van der Waals surface area contributed by atoms with Crippen LogP contribution >= 0.6 is 11.8 Å². The summed E-state index contributed by atoms with van der Waals surface area (Å²) in [5.74, 6) is 0.983. The average molecular weight is 340 g/mol. The summed E-state index contributed by atoms with van der Waals surface area (Å²) in [6.07, 6.45) is 4.88. The molecule has 6 heteroatoms. The molecule has 0 saturated heterocycles. The van der Waals surface area contributed by atoms with Crippen molar-refractivity contribution in [2.24, 2.45) is 0 Å². The highest BCUT2D eigenvalue weighted by molar-refractivity contribution is 7.99. The molecule has 24 heavy (non-hydrogen) atoms. The Morgan fingerprint density at radius 1 is 1.33 bits per heavy atom. The number of rotatable bonds is 5. The van der Waals surface area contributed by atoms with Crippen LogP contribution in [-0.4, -0.2) is 15.2 Å². The number of anilines is 1. The van der Waals surface area contributed by atoms with Gasteiger partial charge in [0.05, 0.1) is 0 Å². The van der Waals surface area contributed by atoms with E-state index in [1.165, 1.54) is 25.7 Å². The van der Waals surface area contributed by atoms with Crippen LogP contribution in [-0.2, 0) is 6.61 Å². The summed E-state index contributed by atoms with van der Waals surface area (Å²) < 4.78 is 5.79. The van der Waals surface area contributed by atoms with Gasteiger partial charge in [-0.1, -0.05) is 36.7 Å². The number of hydrogen-bond acceptors (Lipinski definition) is 6. The molecule has 3 rings (SSSR count). The number of ether oxygens (including phenoxy) is 1. The van der Waals surface area contributed by atoms with Gasteiger partial charge in [-0.15, -0.1) is 0 Å². The van der Waals surface area contributed by atoms with Crippen LogP contribution in [0, 0.1) is 18.3 Å². The summed E-state index contributed by atoms with van der Waals surface area (Å²) in [5.41, 5.74) is 7.93. The SMILES string of the molecule is Cc1cccc(OCc2nc(SC3CCCC3)nc(N)c2C#N)c1. The van der Waals surface area contributed by atoms with Gasteiger partial charge >= 0.3 is 0 Å². The molecule has 0 atom stereocenters. The summed E-state index contributed by atoms with van der Waals surface area (Å²) >= 11 is 1.66. The van der Waals surface area contributed by atoms with Crippen LogP contribution in [0.2, 0.25) is 0 Å². The molecule has 1 heterocycles. The van der Waals surface area contributed by atoms with Gasteiger partial charge in [0, 0.05) is 5.25 Å². The quantitative estimate of drug-likeness (QED) is 0.832. The van der Waals surface area contributed by atoms with Gasteiger partial charge in [0.2, 0.25) is 0 Å². The number of thioether (sulfide) groups is 1. The van der Waals surface area contributed by atoms with E-state index in [0.717, 1.165) is 11.3 Å². The van der Waals surface area contributed by atoms with Crippen LogP contribution in [0.4, 0.5) is 5.82 Å². The van der Waals surface area contributed by atoms with Crippen molar-refractivity contribution in [3.63, 3.8) is 0 Å². The molecule has 0 bridgehead atoms. The molecule has 1 aromatic carbocycles. The smallest absolute Gasteiger partial charge is 0.190 e. The predicted molar refractivity (Wildman–Crippen MR) is 94.8 cm³/mol. The molecule has 0 aliphatic heterocycles. The first-order valence-corrected chi connectivity index (χ1v) is 8.96. The van der Waals surface area contributed by atoms with Gasteiger partial charge in [-0.25, -0.2) is 9.97 Å². The molecule has 124 valence electrons. The molecule has 2 N–H and O–H groups in total. The summed E-state index contributed by atoms with van der Waals surface area (Å²) in [5, 5.41) is 10.5. The van der Waals surface area contributed by atoms with Gasteiger partial charge in [-0.05, 0) is 37.5 Å². The van der Waals surface area contributed by atoms with Crippen LogP contribution in [0.1, 0.15) is 42.5 Å². The molecule has 0 amide bonds. The number of nitriles is 1. The summed E-state index contributed by atoms with van der Waals surface area (Å²) in [7, 11) is 0. The van der Waals surface area contributed by atoms with Crippen molar-refractivity contribution in [1.29, 1.82) is 5.26 Å². The van der Waals surface area contributed by atoms with Gasteiger partial charge in [-0.3, -0.25) is 0 Å². The number of hydrogen-bond donors (Lipinski definition) is 1. The van der Waals surface area contributed by atoms with Crippen LogP contribution < -0.4 is 10.5 Å². The highest BCUT2D eigenvalue weighted by Crippen LogP contribution is 2.34. The van der Waals surface area contributed by atoms with Gasteiger partial charge in [0.25, 0.3) is 0 Å². The second kappa shape index (κ2) is 7.54. The van der Waals surface area contributed by atoms with Crippen molar-refractivity contribution >= 4 is 17.6 Å². The molecule has 0 radical (unpaired) electrons. The van der Waals surface area contributed by atoms with Crippen LogP contribution in [0.5, 0.6) is 5.75 Å². The lowest BCUT2D eigenvalue weighted by Gasteiger charge is -2.12. The number of nitrogens with two attached hydrogens (primary N) is 1. The fourth-order valence-corrected chi connectivity index (χ4v) is 3.98. The van der Waals surface area contributed by atoms with Gasteiger partial charge in [-0.2, -0.15) is 5.26 Å². The lowest BCUT2D eigenvalue weighted by atomic mass is 10.2. The minimum Gasteiger partial charge on any atom is -0.487 e. The maximum absolute atomic E-state index is 9.34. The van der Waals surface area contributed by atoms with Crippen LogP contribution in [0.25, 0.3) is 0 Å². The van der Waals surface area contributed by atoms with E-state index in [1.807, 2.05) is 31.2 Å². The number of nitrogens with zero attached hydrogens (tertiary/aromatic N) is 3. The first-order valence-electron chi connectivity index (χ1n) is 8.08. The first-order chi connectivity index (χ1) is 11.7. The van der Waals surface area contributed by atoms with E-state index >= 15 is 0 Å². The normalized spacial score (nSPS) is 14.5. The highest BCUT2D eigenvalue weighted by atomic mass is 32.2. The van der Waals surface area contributed by atoms with Crippen molar-refractivity contribution in [2.75, 3.05) is 5.73 Å². The fourth-order valence-electron chi connectivity index (χ4n) is 2.79. The summed E-state index contributed by atoms with van der Waals surface area (Å²) in [6, 6.07) is 9.87. The second-order valence-electron chi connectivity index (χ2n) is 5.95. The third-order valence-electron chi connectivity index (χ3n) is 4.04. The molecule has 1 aliphatic rings. The Labute approximate surface area is 146 Å². The molecule has 1 fully saturated rings. The molecule has 2 aromatic rings. The van der Waals surface area contributed by atoms with E-state index in [9.17, 15) is 5.26 Å². The summed E-state index contributed by atoms with van der Waals surface area (Å²) in [4.78, 5) is 8.82. The zero-order valence-corrected chi connectivity index (χ0v) is 14.5. The Morgan fingerprint density at radius 3 is 2.83 bits per heavy atom. The first kappa shape index (κ1) is 16.6. The lowest BCUT2D eigenvalue weighted by Crippen LogP contribution is -2.09. The molecule has 0 spiro atoms. The summed E-state index contributed by atoms with van der Waals surface area (Å²) in [6.45, 7) is 2.21. The zero-order chi connectivity index (χ0) is 16.9. The predicted octanol–water partition coefficient (Wildman–Crippen LogP) is 3.85. The minimum atomic E-state index is 0.206. The zero-order valence-electron chi connectivity index (χ0n) is 13.7. The Morgan fingerprint density at radius 2 is 2.12 bits per heavy atom. The van der Waals surface area contributed by atoms with Crippen molar-refractivity contribution in [1.82, 2.24) is 9.97 Å². The standard InChI is InChI=1S/C18H20N4OS/c1-12-5-4-6-13(9-12)23-11-16-15(10-19)17(20)22-18(21-16)24-14-7-2-3-8-14/h4-6,9,14H,2-3,7-8,11H2,1H3,(H2,20,21,22). The largest absolute Gasteiger partial charge is 0.487 e. The Hall–Kier alpha value is -2.26. The molecule has 5 nitrogen and oxygen atoms in total. The van der Waals surface area contributed by atoms with E-state index in [2.05, 4.69) is 16.0 Å². The van der Waals surface area contributed by atoms with Crippen LogP contribution in [0.15, 0.2) is 29.4 Å². The lowest BCUT2D eigenvalue weighted by molar-refractivity contribution is 0.299. The van der Waals surface area contributed by atoms with Gasteiger partial charge in [0.15, 0.2) is 5.16 Å². The molecule has 1 aliphatic carbocycles. The van der Waals surface area contributed by atoms with Crippen molar-refractivity contribution in [3.05, 3.63) is 41.1 Å². The average Bonchev–Trinajstić information content (AvgIpc) is 3.06. The Balaban J connectivity index is 1.79. The topological polar surface area (TPSA) is 84.8 Å². The van der Waals surface area contributed by atoms with Crippen LogP contribution in [0.3, 0.4) is 0 Å². The molecule has 0 unspecified atom stereocenters. The Kier molecular flexibility index (Phi) is 5.21. The molecular weight excluding hydrogens is 320 g/mol. The monoisotopic (exact) mass is 340 g/mol. The van der Waals surface area contributed by atoms with Gasteiger partial charge in [0.1, 0.15) is 35.5 Å². The number of benzene rings is 1. The van der Waals surface area contributed by atoms with Crippen molar-refractivity contribution < 1.29 is 4.74 Å². The minimum absolute atomic E-state index is 0.206. The number of aryl methyl sites for hydroxylation is 1. The highest BCUT2D eigenvalue weighted by Gasteiger charge is 2.20. The molecule has 1 aromatic heterocycles. The number of nitrogen functional groups attached to an aromatic ring is 1. The van der Waals surface area contributed by atoms with Crippen molar-refractivity contribution in [2.45, 2.75) is 49.6 Å². The van der Waals surface area contributed by atoms with E-state index in [4.69, 9.17) is 10.5 Å². The third kappa shape index (κ3) is 3.98. The van der Waals surface area contributed by atoms with Crippen molar-refractivity contribution in [3.8, 4) is 11.8 Å². The Bertz CT molecular complexity index is 766. The maximum Gasteiger partial charge on any atom is 0.190 e. The van der Waals surface area contributed by atoms with E-state index < -0.39 is 0 Å². The van der Waals surface area contributed by atoms with E-state index in [-0.39, 0.29) is 12.4 Å². The van der Waals surface area contributed by atoms with E-state index in [0.29, 0.717) is 21.7 Å². The van der Waals surface area contributed by atoms with E-state index in [1.54, 1.807) is 11.8 Å². The maximum atomic E-state index is 9.34. The third-order valence-corrected chi connectivity index (χ3v) is 5.24. The molecular formula is C18H20N4OS. The number of aromatic nitrogens is 2. The second-order valence-corrected chi connectivity index (χ2v) is 7.22. The molecule has 1 saturated carbocycles. The van der Waals surface area contributed by atoms with Gasteiger partial charge < -0.3 is 10.5 Å².